The second-order valence-electron chi connectivity index (χ2n) is 5.17. The summed E-state index contributed by atoms with van der Waals surface area (Å²) in [5.74, 6) is -0.0528. The lowest BCUT2D eigenvalue weighted by atomic mass is 10.3. The summed E-state index contributed by atoms with van der Waals surface area (Å²) in [6.07, 6.45) is 1.07. The van der Waals surface area contributed by atoms with Crippen LogP contribution in [0, 0.1) is 0 Å². The molecule has 7 nitrogen and oxygen atoms in total. The summed E-state index contributed by atoms with van der Waals surface area (Å²) in [7, 11) is -0.0437. The van der Waals surface area contributed by atoms with E-state index in [0.717, 1.165) is 13.3 Å². The SMILES string of the molecule is COC(=O)/C(=C\Nc1ccc(OC)c(OC)c1)S(=O)(=O)c1ccc(Cl)cc1. The molecule has 0 aliphatic rings. The highest BCUT2D eigenvalue weighted by molar-refractivity contribution is 7.96. The van der Waals surface area contributed by atoms with Crippen LogP contribution < -0.4 is 14.8 Å². The first-order valence-corrected chi connectivity index (χ1v) is 9.47. The maximum absolute atomic E-state index is 12.8. The first-order valence-electron chi connectivity index (χ1n) is 7.61. The molecule has 2 aromatic rings. The Labute approximate surface area is 162 Å². The van der Waals surface area contributed by atoms with Gasteiger partial charge in [-0.25, -0.2) is 13.2 Å². The highest BCUT2D eigenvalue weighted by Gasteiger charge is 2.28. The molecule has 0 fully saturated rings. The van der Waals surface area contributed by atoms with Gasteiger partial charge in [0.25, 0.3) is 0 Å². The van der Waals surface area contributed by atoms with Gasteiger partial charge in [0.1, 0.15) is 0 Å². The molecule has 144 valence electrons. The number of ether oxygens (including phenoxy) is 3. The second kappa shape index (κ2) is 8.79. The number of halogens is 1. The van der Waals surface area contributed by atoms with E-state index in [1.807, 2.05) is 0 Å². The zero-order valence-corrected chi connectivity index (χ0v) is 16.4. The molecule has 0 heterocycles. The highest BCUT2D eigenvalue weighted by Crippen LogP contribution is 2.30. The molecular formula is C18H18ClNO6S. The van der Waals surface area contributed by atoms with Gasteiger partial charge in [0.15, 0.2) is 16.4 Å². The normalized spacial score (nSPS) is 11.6. The Morgan fingerprint density at radius 3 is 2.19 bits per heavy atom. The number of carbonyl (C=O) groups excluding carboxylic acids is 1. The van der Waals surface area contributed by atoms with Gasteiger partial charge in [0, 0.05) is 23.0 Å². The standard InChI is InChI=1S/C18H18ClNO6S/c1-24-15-9-6-13(10-16(15)25-2)20-11-17(18(21)26-3)27(22,23)14-7-4-12(19)5-8-14/h4-11,20H,1-3H3/b17-11+. The third kappa shape index (κ3) is 4.72. The number of benzene rings is 2. The predicted molar refractivity (Wildman–Crippen MR) is 102 cm³/mol. The molecule has 0 aromatic heterocycles. The van der Waals surface area contributed by atoms with Crippen molar-refractivity contribution in [3.8, 4) is 11.5 Å². The third-order valence-corrected chi connectivity index (χ3v) is 5.56. The Hall–Kier alpha value is -2.71. The van der Waals surface area contributed by atoms with Crippen LogP contribution >= 0.6 is 11.6 Å². The number of methoxy groups -OCH3 is 3. The third-order valence-electron chi connectivity index (χ3n) is 3.55. The van der Waals surface area contributed by atoms with Gasteiger partial charge in [0.2, 0.25) is 9.84 Å². The van der Waals surface area contributed by atoms with E-state index >= 15 is 0 Å². The van der Waals surface area contributed by atoms with Crippen molar-refractivity contribution >= 4 is 33.1 Å². The van der Waals surface area contributed by atoms with Crippen molar-refractivity contribution in [1.29, 1.82) is 0 Å². The number of esters is 1. The van der Waals surface area contributed by atoms with Crippen LogP contribution in [0.2, 0.25) is 5.02 Å². The molecule has 0 unspecified atom stereocenters. The molecule has 0 saturated heterocycles. The molecule has 0 amide bonds. The minimum absolute atomic E-state index is 0.0855. The van der Waals surface area contributed by atoms with Crippen molar-refractivity contribution < 1.29 is 27.4 Å². The minimum atomic E-state index is -4.12. The van der Waals surface area contributed by atoms with E-state index in [2.05, 4.69) is 10.1 Å². The summed E-state index contributed by atoms with van der Waals surface area (Å²) in [6, 6.07) is 10.3. The smallest absolute Gasteiger partial charge is 0.351 e. The quantitative estimate of drug-likeness (QED) is 0.552. The Morgan fingerprint density at radius 1 is 1.00 bits per heavy atom. The van der Waals surface area contributed by atoms with Crippen LogP contribution in [0.4, 0.5) is 5.69 Å². The Kier molecular flexibility index (Phi) is 6.70. The average Bonchev–Trinajstić information content (AvgIpc) is 2.67. The Balaban J connectivity index is 2.42. The molecule has 1 N–H and O–H groups in total. The molecule has 2 rings (SSSR count). The van der Waals surface area contributed by atoms with Crippen LogP contribution in [0.1, 0.15) is 0 Å². The zero-order valence-electron chi connectivity index (χ0n) is 14.9. The van der Waals surface area contributed by atoms with Gasteiger partial charge in [-0.2, -0.15) is 0 Å². The number of carbonyl (C=O) groups is 1. The summed E-state index contributed by atoms with van der Waals surface area (Å²) >= 11 is 5.79. The molecule has 2 aromatic carbocycles. The van der Waals surface area contributed by atoms with Gasteiger partial charge in [0.05, 0.1) is 26.2 Å². The van der Waals surface area contributed by atoms with Crippen molar-refractivity contribution in [3.63, 3.8) is 0 Å². The fraction of sp³-hybridized carbons (Fsp3) is 0.167. The summed E-state index contributed by atoms with van der Waals surface area (Å²) < 4.78 is 40.5. The molecule has 0 radical (unpaired) electrons. The fourth-order valence-corrected chi connectivity index (χ4v) is 3.55. The van der Waals surface area contributed by atoms with E-state index in [4.69, 9.17) is 21.1 Å². The Bertz CT molecular complexity index is 954. The summed E-state index contributed by atoms with van der Waals surface area (Å²) in [4.78, 5) is 11.4. The van der Waals surface area contributed by atoms with E-state index < -0.39 is 20.7 Å². The molecule has 0 aliphatic heterocycles. The van der Waals surface area contributed by atoms with Gasteiger partial charge in [-0.05, 0) is 36.4 Å². The van der Waals surface area contributed by atoms with E-state index in [1.54, 1.807) is 18.2 Å². The second-order valence-corrected chi connectivity index (χ2v) is 7.53. The van der Waals surface area contributed by atoms with Crippen molar-refractivity contribution in [3.05, 3.63) is 58.6 Å². The average molecular weight is 412 g/mol. The van der Waals surface area contributed by atoms with Gasteiger partial charge >= 0.3 is 5.97 Å². The van der Waals surface area contributed by atoms with E-state index in [0.29, 0.717) is 22.2 Å². The number of nitrogens with one attached hydrogen (secondary N) is 1. The van der Waals surface area contributed by atoms with Gasteiger partial charge in [-0.3, -0.25) is 0 Å². The molecule has 27 heavy (non-hydrogen) atoms. The van der Waals surface area contributed by atoms with Crippen molar-refractivity contribution in [2.45, 2.75) is 4.90 Å². The Morgan fingerprint density at radius 2 is 1.63 bits per heavy atom. The lowest BCUT2D eigenvalue weighted by Crippen LogP contribution is -2.17. The van der Waals surface area contributed by atoms with Crippen LogP contribution in [0.5, 0.6) is 11.5 Å². The van der Waals surface area contributed by atoms with Crippen LogP contribution in [0.25, 0.3) is 0 Å². The number of hydrogen-bond acceptors (Lipinski definition) is 7. The lowest BCUT2D eigenvalue weighted by Gasteiger charge is -2.11. The lowest BCUT2D eigenvalue weighted by molar-refractivity contribution is -0.135. The van der Waals surface area contributed by atoms with E-state index in [9.17, 15) is 13.2 Å². The first kappa shape index (κ1) is 20.6. The van der Waals surface area contributed by atoms with Crippen molar-refractivity contribution in [2.24, 2.45) is 0 Å². The minimum Gasteiger partial charge on any atom is -0.493 e. The number of sulfone groups is 1. The number of anilines is 1. The number of rotatable bonds is 7. The number of hydrogen-bond donors (Lipinski definition) is 1. The fourth-order valence-electron chi connectivity index (χ4n) is 2.16. The van der Waals surface area contributed by atoms with Gasteiger partial charge in [-0.1, -0.05) is 11.6 Å². The molecular weight excluding hydrogens is 394 g/mol. The maximum Gasteiger partial charge on any atom is 0.351 e. The topological polar surface area (TPSA) is 90.9 Å². The summed E-state index contributed by atoms with van der Waals surface area (Å²) in [5, 5.41) is 3.15. The molecule has 9 heteroatoms. The summed E-state index contributed by atoms with van der Waals surface area (Å²) in [5.41, 5.74) is 0.486. The van der Waals surface area contributed by atoms with Gasteiger partial charge < -0.3 is 19.5 Å². The molecule has 0 bridgehead atoms. The first-order chi connectivity index (χ1) is 12.8. The molecule has 0 spiro atoms. The predicted octanol–water partition coefficient (Wildman–Crippen LogP) is 3.26. The largest absolute Gasteiger partial charge is 0.493 e. The maximum atomic E-state index is 12.8. The van der Waals surface area contributed by atoms with Crippen LogP contribution in [-0.4, -0.2) is 35.7 Å². The van der Waals surface area contributed by atoms with E-state index in [-0.39, 0.29) is 4.90 Å². The monoisotopic (exact) mass is 411 g/mol. The van der Waals surface area contributed by atoms with E-state index in [1.165, 1.54) is 38.5 Å². The molecule has 0 saturated carbocycles. The molecule has 0 aliphatic carbocycles. The molecule has 0 atom stereocenters. The summed E-state index contributed by atoms with van der Waals surface area (Å²) in [6.45, 7) is 0. The zero-order chi connectivity index (χ0) is 20.0. The van der Waals surface area contributed by atoms with Crippen LogP contribution in [0.15, 0.2) is 58.5 Å². The van der Waals surface area contributed by atoms with Crippen molar-refractivity contribution in [1.82, 2.24) is 0 Å². The van der Waals surface area contributed by atoms with Crippen LogP contribution in [0.3, 0.4) is 0 Å². The van der Waals surface area contributed by atoms with Gasteiger partial charge in [-0.15, -0.1) is 0 Å². The van der Waals surface area contributed by atoms with Crippen molar-refractivity contribution in [2.75, 3.05) is 26.6 Å². The highest BCUT2D eigenvalue weighted by atomic mass is 35.5. The van der Waals surface area contributed by atoms with Crippen LogP contribution in [-0.2, 0) is 19.4 Å².